The third-order valence-electron chi connectivity index (χ3n) is 2.86. The van der Waals surface area contributed by atoms with Crippen LogP contribution in [0.25, 0.3) is 0 Å². The van der Waals surface area contributed by atoms with E-state index < -0.39 is 0 Å². The lowest BCUT2D eigenvalue weighted by Gasteiger charge is -2.31. The Balaban J connectivity index is 4.00. The van der Waals surface area contributed by atoms with Crippen LogP contribution in [0.3, 0.4) is 0 Å². The Kier molecular flexibility index (Phi) is 11.3. The number of hydrogen-bond acceptors (Lipinski definition) is 3. The highest BCUT2D eigenvalue weighted by molar-refractivity contribution is 4.67. The maximum Gasteiger partial charge on any atom is 0.0240 e. The number of unbranched alkanes of at least 4 members (excludes halogenated alkanes) is 1. The molecular weight excluding hydrogens is 198 g/mol. The molecule has 3 heteroatoms. The van der Waals surface area contributed by atoms with Crippen molar-refractivity contribution in [2.75, 3.05) is 19.6 Å². The summed E-state index contributed by atoms with van der Waals surface area (Å²) in [5.41, 5.74) is 9.03. The summed E-state index contributed by atoms with van der Waals surface area (Å²) in [5, 5.41) is 2.41. The molecule has 0 aromatic heterocycles. The normalized spacial score (nSPS) is 13.3. The molecule has 0 heterocycles. The average molecular weight is 228 g/mol. The van der Waals surface area contributed by atoms with Gasteiger partial charge in [0.2, 0.25) is 0 Å². The fraction of sp³-hybridized carbons (Fsp3) is 0.923. The molecule has 0 aromatic rings. The Labute approximate surface area is 102 Å². The number of nitrogens with two attached hydrogens (primary N) is 1. The minimum Gasteiger partial charge on any atom is -0.330 e. The van der Waals surface area contributed by atoms with Gasteiger partial charge in [-0.1, -0.05) is 33.6 Å². The zero-order chi connectivity index (χ0) is 12.2. The van der Waals surface area contributed by atoms with Crippen LogP contribution < -0.4 is 11.2 Å². The zero-order valence-corrected chi connectivity index (χ0v) is 11.2. The van der Waals surface area contributed by atoms with E-state index in [1.165, 1.54) is 25.7 Å². The Morgan fingerprint density at radius 1 is 1.31 bits per heavy atom. The SMILES string of the molecule is [CH2]CCCC(CC)N(CCC)NCCCN. The summed E-state index contributed by atoms with van der Waals surface area (Å²) in [6.45, 7) is 11.3. The van der Waals surface area contributed by atoms with Gasteiger partial charge in [0.25, 0.3) is 0 Å². The van der Waals surface area contributed by atoms with Crippen LogP contribution in [-0.4, -0.2) is 30.7 Å². The number of hydrogen-bond donors (Lipinski definition) is 2. The van der Waals surface area contributed by atoms with Crippen LogP contribution in [0.15, 0.2) is 0 Å². The first-order valence-electron chi connectivity index (χ1n) is 6.79. The van der Waals surface area contributed by atoms with Gasteiger partial charge in [-0.3, -0.25) is 5.43 Å². The summed E-state index contributed by atoms with van der Waals surface area (Å²) >= 11 is 0. The van der Waals surface area contributed by atoms with Gasteiger partial charge in [0.1, 0.15) is 0 Å². The van der Waals surface area contributed by atoms with Crippen molar-refractivity contribution in [1.29, 1.82) is 0 Å². The van der Waals surface area contributed by atoms with Crippen molar-refractivity contribution in [3.05, 3.63) is 6.92 Å². The molecule has 0 rings (SSSR count). The van der Waals surface area contributed by atoms with Crippen LogP contribution in [0, 0.1) is 6.92 Å². The molecule has 3 nitrogen and oxygen atoms in total. The van der Waals surface area contributed by atoms with Crippen molar-refractivity contribution in [2.24, 2.45) is 5.73 Å². The zero-order valence-electron chi connectivity index (χ0n) is 11.2. The minimum atomic E-state index is 0.652. The standard InChI is InChI=1S/C13H30N3/c1-4-7-9-13(6-3)16(12-5-2)15-11-8-10-14/h13,15H,1,4-12,14H2,2-3H3. The second-order valence-electron chi connectivity index (χ2n) is 4.30. The van der Waals surface area contributed by atoms with Gasteiger partial charge in [-0.15, -0.1) is 0 Å². The lowest BCUT2D eigenvalue weighted by molar-refractivity contribution is 0.111. The predicted molar refractivity (Wildman–Crippen MR) is 72.0 cm³/mol. The van der Waals surface area contributed by atoms with Gasteiger partial charge in [-0.05, 0) is 32.2 Å². The number of rotatable bonds is 11. The van der Waals surface area contributed by atoms with Crippen molar-refractivity contribution >= 4 is 0 Å². The molecule has 16 heavy (non-hydrogen) atoms. The molecule has 97 valence electrons. The maximum atomic E-state index is 5.51. The molecule has 0 aliphatic carbocycles. The van der Waals surface area contributed by atoms with Gasteiger partial charge in [0, 0.05) is 19.1 Å². The van der Waals surface area contributed by atoms with E-state index in [0.29, 0.717) is 6.04 Å². The molecule has 0 saturated carbocycles. The Bertz CT molecular complexity index is 139. The van der Waals surface area contributed by atoms with E-state index in [0.717, 1.165) is 32.5 Å². The number of hydrazine groups is 1. The highest BCUT2D eigenvalue weighted by atomic mass is 15.5. The van der Waals surface area contributed by atoms with E-state index in [4.69, 9.17) is 5.73 Å². The molecule has 3 N–H and O–H groups in total. The first kappa shape index (κ1) is 15.9. The molecule has 0 bridgehead atoms. The summed E-state index contributed by atoms with van der Waals surface area (Å²) in [6, 6.07) is 0.652. The van der Waals surface area contributed by atoms with Crippen molar-refractivity contribution in [1.82, 2.24) is 10.4 Å². The van der Waals surface area contributed by atoms with Crippen LogP contribution in [0.1, 0.15) is 52.4 Å². The molecule has 1 radical (unpaired) electrons. The lowest BCUT2D eigenvalue weighted by atomic mass is 10.1. The first-order valence-corrected chi connectivity index (χ1v) is 6.79. The van der Waals surface area contributed by atoms with Gasteiger partial charge in [0.15, 0.2) is 0 Å². The fourth-order valence-electron chi connectivity index (χ4n) is 1.92. The lowest BCUT2D eigenvalue weighted by Crippen LogP contribution is -2.46. The molecule has 0 amide bonds. The van der Waals surface area contributed by atoms with Crippen molar-refractivity contribution in [3.63, 3.8) is 0 Å². The largest absolute Gasteiger partial charge is 0.330 e. The fourth-order valence-corrected chi connectivity index (χ4v) is 1.92. The molecule has 0 spiro atoms. The molecule has 0 aliphatic rings. The minimum absolute atomic E-state index is 0.652. The molecule has 0 fully saturated rings. The van der Waals surface area contributed by atoms with Crippen LogP contribution in [0.4, 0.5) is 0 Å². The quantitative estimate of drug-likeness (QED) is 0.421. The van der Waals surface area contributed by atoms with Gasteiger partial charge in [-0.2, -0.15) is 0 Å². The molecule has 0 aliphatic heterocycles. The van der Waals surface area contributed by atoms with Gasteiger partial charge >= 0.3 is 0 Å². The first-order chi connectivity index (χ1) is 7.79. The average Bonchev–Trinajstić information content (AvgIpc) is 2.30. The summed E-state index contributed by atoms with van der Waals surface area (Å²) in [5.74, 6) is 0. The van der Waals surface area contributed by atoms with Gasteiger partial charge < -0.3 is 5.73 Å². The monoisotopic (exact) mass is 228 g/mol. The summed E-state index contributed by atoms with van der Waals surface area (Å²) < 4.78 is 0. The van der Waals surface area contributed by atoms with E-state index in [9.17, 15) is 0 Å². The Morgan fingerprint density at radius 2 is 2.06 bits per heavy atom. The highest BCUT2D eigenvalue weighted by Crippen LogP contribution is 2.11. The van der Waals surface area contributed by atoms with Crippen LogP contribution in [-0.2, 0) is 0 Å². The summed E-state index contributed by atoms with van der Waals surface area (Å²) in [7, 11) is 0. The number of nitrogens with zero attached hydrogens (tertiary/aromatic N) is 1. The van der Waals surface area contributed by atoms with Crippen molar-refractivity contribution in [3.8, 4) is 0 Å². The van der Waals surface area contributed by atoms with E-state index in [1.807, 2.05) is 0 Å². The second kappa shape index (κ2) is 11.4. The van der Waals surface area contributed by atoms with Gasteiger partial charge in [0.05, 0.1) is 0 Å². The van der Waals surface area contributed by atoms with E-state index in [2.05, 4.69) is 31.2 Å². The van der Waals surface area contributed by atoms with E-state index in [1.54, 1.807) is 0 Å². The predicted octanol–water partition coefficient (Wildman–Crippen LogP) is 2.33. The van der Waals surface area contributed by atoms with Gasteiger partial charge in [-0.25, -0.2) is 5.01 Å². The summed E-state index contributed by atoms with van der Waals surface area (Å²) in [6.07, 6.45) is 6.95. The molecule has 1 atom stereocenters. The third kappa shape index (κ3) is 7.20. The Morgan fingerprint density at radius 3 is 2.56 bits per heavy atom. The molecular formula is C13H30N3. The van der Waals surface area contributed by atoms with E-state index >= 15 is 0 Å². The second-order valence-corrected chi connectivity index (χ2v) is 4.30. The molecule has 0 aromatic carbocycles. The Hall–Kier alpha value is -0.120. The molecule has 1 unspecified atom stereocenters. The topological polar surface area (TPSA) is 41.3 Å². The van der Waals surface area contributed by atoms with E-state index in [-0.39, 0.29) is 0 Å². The smallest absolute Gasteiger partial charge is 0.0240 e. The van der Waals surface area contributed by atoms with Crippen LogP contribution in [0.5, 0.6) is 0 Å². The molecule has 0 saturated heterocycles. The highest BCUT2D eigenvalue weighted by Gasteiger charge is 2.14. The third-order valence-corrected chi connectivity index (χ3v) is 2.86. The number of nitrogens with one attached hydrogen (secondary N) is 1. The van der Waals surface area contributed by atoms with Crippen molar-refractivity contribution < 1.29 is 0 Å². The summed E-state index contributed by atoms with van der Waals surface area (Å²) in [4.78, 5) is 0. The van der Waals surface area contributed by atoms with Crippen LogP contribution in [0.2, 0.25) is 0 Å². The maximum absolute atomic E-state index is 5.51. The van der Waals surface area contributed by atoms with Crippen molar-refractivity contribution in [2.45, 2.75) is 58.4 Å². The van der Waals surface area contributed by atoms with Crippen LogP contribution >= 0.6 is 0 Å².